The highest BCUT2D eigenvalue weighted by Gasteiger charge is 2.22. The van der Waals surface area contributed by atoms with Crippen molar-refractivity contribution in [3.8, 4) is 0 Å². The van der Waals surface area contributed by atoms with Crippen molar-refractivity contribution in [1.29, 1.82) is 0 Å². The van der Waals surface area contributed by atoms with E-state index in [1.54, 1.807) is 12.4 Å². The van der Waals surface area contributed by atoms with Crippen molar-refractivity contribution in [1.82, 2.24) is 25.5 Å². The second-order valence-corrected chi connectivity index (χ2v) is 8.13. The van der Waals surface area contributed by atoms with Crippen molar-refractivity contribution >= 4 is 17.8 Å². The average Bonchev–Trinajstić information content (AvgIpc) is 2.83. The maximum atomic E-state index is 12.6. The van der Waals surface area contributed by atoms with E-state index in [4.69, 9.17) is 4.99 Å². The van der Waals surface area contributed by atoms with Crippen LogP contribution < -0.4 is 15.5 Å². The molecule has 0 aliphatic carbocycles. The lowest BCUT2D eigenvalue weighted by atomic mass is 10.00. The molecule has 0 saturated carbocycles. The van der Waals surface area contributed by atoms with E-state index in [2.05, 4.69) is 63.6 Å². The minimum atomic E-state index is 0.162. The minimum Gasteiger partial charge on any atom is -0.357 e. The molecule has 3 rings (SSSR count). The van der Waals surface area contributed by atoms with Crippen LogP contribution in [-0.4, -0.2) is 72.5 Å². The molecular weight excluding hydrogens is 402 g/mol. The van der Waals surface area contributed by atoms with Gasteiger partial charge in [0.25, 0.3) is 0 Å². The van der Waals surface area contributed by atoms with E-state index in [0.717, 1.165) is 31.5 Å². The first kappa shape index (κ1) is 23.5. The highest BCUT2D eigenvalue weighted by molar-refractivity contribution is 5.81. The predicted molar refractivity (Wildman–Crippen MR) is 129 cm³/mol. The number of carbonyl (C=O) groups is 1. The molecule has 8 nitrogen and oxygen atoms in total. The van der Waals surface area contributed by atoms with Crippen LogP contribution in [0.1, 0.15) is 37.3 Å². The molecule has 1 aliphatic rings. The molecule has 1 unspecified atom stereocenters. The number of aromatic nitrogens is 2. The number of guanidine groups is 1. The molecule has 0 radical (unpaired) electrons. The molecule has 1 saturated heterocycles. The molecule has 2 N–H and O–H groups in total. The Morgan fingerprint density at radius 3 is 2.56 bits per heavy atom. The van der Waals surface area contributed by atoms with Crippen molar-refractivity contribution in [3.05, 3.63) is 53.9 Å². The highest BCUT2D eigenvalue weighted by Crippen LogP contribution is 2.16. The SMILES string of the molecule is CCNC(=NCC(C)c1cccc(C)c1)NCCC(=O)N1CCN(c2ncccn2)CC1. The van der Waals surface area contributed by atoms with Crippen LogP contribution in [0.25, 0.3) is 0 Å². The number of carbonyl (C=O) groups excluding carboxylic acids is 1. The third-order valence-corrected chi connectivity index (χ3v) is 5.58. The van der Waals surface area contributed by atoms with E-state index in [1.165, 1.54) is 11.1 Å². The third-order valence-electron chi connectivity index (χ3n) is 5.58. The first-order valence-electron chi connectivity index (χ1n) is 11.4. The Labute approximate surface area is 191 Å². The van der Waals surface area contributed by atoms with Crippen molar-refractivity contribution in [3.63, 3.8) is 0 Å². The molecule has 1 aromatic heterocycles. The third kappa shape index (κ3) is 6.93. The van der Waals surface area contributed by atoms with Gasteiger partial charge in [-0.2, -0.15) is 0 Å². The fraction of sp³-hybridized carbons (Fsp3) is 0.500. The Morgan fingerprint density at radius 1 is 1.12 bits per heavy atom. The molecule has 2 heterocycles. The van der Waals surface area contributed by atoms with Gasteiger partial charge >= 0.3 is 0 Å². The van der Waals surface area contributed by atoms with E-state index >= 15 is 0 Å². The second kappa shape index (κ2) is 12.0. The number of aryl methyl sites for hydroxylation is 1. The number of rotatable bonds is 8. The first-order chi connectivity index (χ1) is 15.6. The first-order valence-corrected chi connectivity index (χ1v) is 11.4. The van der Waals surface area contributed by atoms with E-state index in [1.807, 2.05) is 17.9 Å². The van der Waals surface area contributed by atoms with Gasteiger partial charge < -0.3 is 20.4 Å². The zero-order valence-corrected chi connectivity index (χ0v) is 19.4. The second-order valence-electron chi connectivity index (χ2n) is 8.13. The summed E-state index contributed by atoms with van der Waals surface area (Å²) in [6.45, 7) is 11.3. The zero-order chi connectivity index (χ0) is 22.8. The predicted octanol–water partition coefficient (Wildman–Crippen LogP) is 2.18. The largest absolute Gasteiger partial charge is 0.357 e. The van der Waals surface area contributed by atoms with Crippen LogP contribution in [0.5, 0.6) is 0 Å². The smallest absolute Gasteiger partial charge is 0.225 e. The molecule has 172 valence electrons. The summed E-state index contributed by atoms with van der Waals surface area (Å²) in [7, 11) is 0. The molecule has 1 amide bonds. The van der Waals surface area contributed by atoms with Gasteiger partial charge in [0, 0.05) is 70.5 Å². The normalized spacial score (nSPS) is 15.4. The van der Waals surface area contributed by atoms with Crippen LogP contribution in [0.4, 0.5) is 5.95 Å². The van der Waals surface area contributed by atoms with Crippen molar-refractivity contribution < 1.29 is 4.79 Å². The summed E-state index contributed by atoms with van der Waals surface area (Å²) >= 11 is 0. The summed E-state index contributed by atoms with van der Waals surface area (Å²) in [5.41, 5.74) is 2.55. The summed E-state index contributed by atoms with van der Waals surface area (Å²) < 4.78 is 0. The van der Waals surface area contributed by atoms with Gasteiger partial charge in [-0.05, 0) is 25.5 Å². The maximum Gasteiger partial charge on any atom is 0.225 e. The number of anilines is 1. The van der Waals surface area contributed by atoms with Gasteiger partial charge in [0.1, 0.15) is 0 Å². The summed E-state index contributed by atoms with van der Waals surface area (Å²) in [5.74, 6) is 1.98. The van der Waals surface area contributed by atoms with Crippen LogP contribution in [0.15, 0.2) is 47.7 Å². The van der Waals surface area contributed by atoms with Gasteiger partial charge in [0.05, 0.1) is 0 Å². The van der Waals surface area contributed by atoms with Gasteiger partial charge in [-0.25, -0.2) is 9.97 Å². The Hall–Kier alpha value is -3.16. The van der Waals surface area contributed by atoms with E-state index in [-0.39, 0.29) is 5.91 Å². The van der Waals surface area contributed by atoms with Gasteiger partial charge in [-0.15, -0.1) is 0 Å². The molecule has 1 aliphatic heterocycles. The number of hydrogen-bond donors (Lipinski definition) is 2. The fourth-order valence-electron chi connectivity index (χ4n) is 3.71. The standard InChI is InChI=1S/C24H35N7O/c1-4-25-23(29-18-20(3)21-8-5-7-19(2)17-21)26-12-9-22(32)30-13-15-31(16-14-30)24-27-10-6-11-28-24/h5-8,10-11,17,20H,4,9,12-16,18H2,1-3H3,(H2,25,26,29). The molecular formula is C24H35N7O. The van der Waals surface area contributed by atoms with Crippen LogP contribution in [0, 0.1) is 6.92 Å². The Kier molecular flexibility index (Phi) is 8.83. The molecule has 0 spiro atoms. The fourth-order valence-corrected chi connectivity index (χ4v) is 3.71. The van der Waals surface area contributed by atoms with Crippen LogP contribution in [0.3, 0.4) is 0 Å². The lowest BCUT2D eigenvalue weighted by Crippen LogP contribution is -2.50. The lowest BCUT2D eigenvalue weighted by molar-refractivity contribution is -0.131. The highest BCUT2D eigenvalue weighted by atomic mass is 16.2. The van der Waals surface area contributed by atoms with Gasteiger partial charge in [0.15, 0.2) is 5.96 Å². The van der Waals surface area contributed by atoms with E-state index < -0.39 is 0 Å². The quantitative estimate of drug-likeness (QED) is 0.486. The van der Waals surface area contributed by atoms with Crippen molar-refractivity contribution in [2.75, 3.05) is 50.7 Å². The van der Waals surface area contributed by atoms with Crippen molar-refractivity contribution in [2.45, 2.75) is 33.1 Å². The molecule has 8 heteroatoms. The van der Waals surface area contributed by atoms with Gasteiger partial charge in [-0.3, -0.25) is 9.79 Å². The monoisotopic (exact) mass is 437 g/mol. The molecule has 1 aromatic carbocycles. The lowest BCUT2D eigenvalue weighted by Gasteiger charge is -2.34. The van der Waals surface area contributed by atoms with E-state index in [0.29, 0.717) is 38.5 Å². The number of aliphatic imine (C=N–C) groups is 1. The number of nitrogens with zero attached hydrogens (tertiary/aromatic N) is 5. The molecule has 1 fully saturated rings. The zero-order valence-electron chi connectivity index (χ0n) is 19.4. The van der Waals surface area contributed by atoms with E-state index in [9.17, 15) is 4.79 Å². The Bertz CT molecular complexity index is 879. The maximum absolute atomic E-state index is 12.6. The summed E-state index contributed by atoms with van der Waals surface area (Å²) in [5, 5.41) is 6.58. The molecule has 2 aromatic rings. The topological polar surface area (TPSA) is 85.8 Å². The van der Waals surface area contributed by atoms with Crippen molar-refractivity contribution in [2.24, 2.45) is 4.99 Å². The van der Waals surface area contributed by atoms with Gasteiger partial charge in [-0.1, -0.05) is 36.8 Å². The minimum absolute atomic E-state index is 0.162. The summed E-state index contributed by atoms with van der Waals surface area (Å²) in [6, 6.07) is 10.4. The summed E-state index contributed by atoms with van der Waals surface area (Å²) in [6.07, 6.45) is 3.94. The molecule has 32 heavy (non-hydrogen) atoms. The summed E-state index contributed by atoms with van der Waals surface area (Å²) in [4.78, 5) is 30.0. The Balaban J connectivity index is 1.42. The van der Waals surface area contributed by atoms with Gasteiger partial charge in [0.2, 0.25) is 11.9 Å². The molecule has 1 atom stereocenters. The number of benzene rings is 1. The molecule has 0 bridgehead atoms. The Morgan fingerprint density at radius 2 is 1.88 bits per heavy atom. The number of piperazine rings is 1. The number of nitrogens with one attached hydrogen (secondary N) is 2. The average molecular weight is 438 g/mol. The van der Waals surface area contributed by atoms with Crippen LogP contribution in [-0.2, 0) is 4.79 Å². The van der Waals surface area contributed by atoms with Crippen LogP contribution >= 0.6 is 0 Å². The van der Waals surface area contributed by atoms with Crippen LogP contribution in [0.2, 0.25) is 0 Å². The number of hydrogen-bond acceptors (Lipinski definition) is 5. The number of amides is 1.